The first-order valence-electron chi connectivity index (χ1n) is 8.94. The zero-order valence-electron chi connectivity index (χ0n) is 15.4. The summed E-state index contributed by atoms with van der Waals surface area (Å²) in [4.78, 5) is 12.4. The Bertz CT molecular complexity index is 920. The first-order chi connectivity index (χ1) is 13.1. The van der Waals surface area contributed by atoms with E-state index in [1.807, 2.05) is 31.2 Å². The van der Waals surface area contributed by atoms with Crippen molar-refractivity contribution in [1.29, 1.82) is 0 Å². The molecule has 3 rings (SSSR count). The molecular formula is C21H23N3O3. The van der Waals surface area contributed by atoms with Crippen LogP contribution in [-0.4, -0.2) is 27.3 Å². The lowest BCUT2D eigenvalue weighted by Crippen LogP contribution is -2.23. The van der Waals surface area contributed by atoms with E-state index in [4.69, 9.17) is 4.74 Å². The predicted molar refractivity (Wildman–Crippen MR) is 104 cm³/mol. The van der Waals surface area contributed by atoms with Gasteiger partial charge in [-0.05, 0) is 49.2 Å². The van der Waals surface area contributed by atoms with Gasteiger partial charge in [0.2, 0.25) is 0 Å². The van der Waals surface area contributed by atoms with E-state index in [1.165, 1.54) is 0 Å². The summed E-state index contributed by atoms with van der Waals surface area (Å²) in [6.07, 6.45) is 1.08. The Morgan fingerprint density at radius 2 is 2.04 bits per heavy atom. The minimum atomic E-state index is -0.266. The first-order valence-corrected chi connectivity index (χ1v) is 8.94. The summed E-state index contributed by atoms with van der Waals surface area (Å²) in [6, 6.07) is 16.2. The largest absolute Gasteiger partial charge is 0.507 e. The number of phenolic OH excluding ortho intramolecular Hbond substituents is 1. The number of aromatic hydroxyl groups is 1. The van der Waals surface area contributed by atoms with Crippen LogP contribution >= 0.6 is 0 Å². The van der Waals surface area contributed by atoms with Gasteiger partial charge in [-0.15, -0.1) is 0 Å². The summed E-state index contributed by atoms with van der Waals surface area (Å²) in [5, 5.41) is 19.6. The number of carbonyl (C=O) groups excluding carboxylic acids is 1. The van der Waals surface area contributed by atoms with E-state index in [9.17, 15) is 9.90 Å². The normalized spacial score (nSPS) is 11.8. The Morgan fingerprint density at radius 3 is 2.81 bits per heavy atom. The average Bonchev–Trinajstić information content (AvgIpc) is 3.16. The topological polar surface area (TPSA) is 87.2 Å². The van der Waals surface area contributed by atoms with Gasteiger partial charge < -0.3 is 15.2 Å². The van der Waals surface area contributed by atoms with Crippen molar-refractivity contribution in [3.63, 3.8) is 0 Å². The molecule has 1 unspecified atom stereocenters. The number of nitrogens with zero attached hydrogens (tertiary/aromatic N) is 1. The number of nitrogens with one attached hydrogen (secondary N) is 2. The van der Waals surface area contributed by atoms with Crippen molar-refractivity contribution in [2.75, 3.05) is 0 Å². The van der Waals surface area contributed by atoms with Gasteiger partial charge in [-0.25, -0.2) is 0 Å². The van der Waals surface area contributed by atoms with Gasteiger partial charge in [0.05, 0.1) is 11.8 Å². The number of aromatic nitrogens is 2. The van der Waals surface area contributed by atoms with E-state index in [0.29, 0.717) is 23.5 Å². The van der Waals surface area contributed by atoms with Gasteiger partial charge in [-0.3, -0.25) is 9.89 Å². The Hall–Kier alpha value is -3.28. The number of aromatic amines is 1. The van der Waals surface area contributed by atoms with Crippen molar-refractivity contribution in [3.8, 4) is 22.8 Å². The van der Waals surface area contributed by atoms with Crippen LogP contribution in [0.5, 0.6) is 11.5 Å². The first kappa shape index (κ1) is 18.5. The number of hydrogen-bond donors (Lipinski definition) is 3. The SMILES string of the molecule is CCC(C)Oc1cccc(CNC(=O)c2cc(-c3ccccc3O)n[nH]2)c1. The smallest absolute Gasteiger partial charge is 0.269 e. The fraction of sp³-hybridized carbons (Fsp3) is 0.238. The van der Waals surface area contributed by atoms with Gasteiger partial charge in [-0.1, -0.05) is 31.2 Å². The minimum Gasteiger partial charge on any atom is -0.507 e. The van der Waals surface area contributed by atoms with Crippen LogP contribution in [0.15, 0.2) is 54.6 Å². The van der Waals surface area contributed by atoms with Crippen LogP contribution < -0.4 is 10.1 Å². The van der Waals surface area contributed by atoms with Gasteiger partial charge in [0.1, 0.15) is 17.2 Å². The van der Waals surface area contributed by atoms with Gasteiger partial charge >= 0.3 is 0 Å². The molecular weight excluding hydrogens is 342 g/mol. The minimum absolute atomic E-state index is 0.120. The van der Waals surface area contributed by atoms with Crippen molar-refractivity contribution >= 4 is 5.91 Å². The second-order valence-corrected chi connectivity index (χ2v) is 6.35. The molecule has 3 aromatic rings. The molecule has 3 N–H and O–H groups in total. The maximum Gasteiger partial charge on any atom is 0.269 e. The van der Waals surface area contributed by atoms with Gasteiger partial charge in [0, 0.05) is 12.1 Å². The van der Waals surface area contributed by atoms with E-state index in [-0.39, 0.29) is 17.8 Å². The Labute approximate surface area is 158 Å². The van der Waals surface area contributed by atoms with Crippen molar-refractivity contribution in [3.05, 3.63) is 65.9 Å². The van der Waals surface area contributed by atoms with Crippen molar-refractivity contribution < 1.29 is 14.6 Å². The molecule has 6 heteroatoms. The number of carbonyl (C=O) groups is 1. The molecule has 0 fully saturated rings. The molecule has 1 amide bonds. The molecule has 27 heavy (non-hydrogen) atoms. The molecule has 0 saturated carbocycles. The number of H-pyrrole nitrogens is 1. The Balaban J connectivity index is 1.63. The van der Waals surface area contributed by atoms with Crippen LogP contribution in [-0.2, 0) is 6.54 Å². The second kappa shape index (κ2) is 8.40. The molecule has 2 aromatic carbocycles. The zero-order valence-corrected chi connectivity index (χ0v) is 15.4. The molecule has 0 aliphatic rings. The van der Waals surface area contributed by atoms with Crippen LogP contribution in [0.4, 0.5) is 0 Å². The number of para-hydroxylation sites is 1. The Morgan fingerprint density at radius 1 is 1.22 bits per heavy atom. The van der Waals surface area contributed by atoms with Gasteiger partial charge in [-0.2, -0.15) is 5.10 Å². The Kier molecular flexibility index (Phi) is 5.76. The average molecular weight is 365 g/mol. The van der Waals surface area contributed by atoms with Crippen LogP contribution in [0.2, 0.25) is 0 Å². The van der Waals surface area contributed by atoms with Crippen LogP contribution in [0.3, 0.4) is 0 Å². The maximum atomic E-state index is 12.4. The predicted octanol–water partition coefficient (Wildman–Crippen LogP) is 3.89. The summed E-state index contributed by atoms with van der Waals surface area (Å²) in [6.45, 7) is 4.47. The standard InChI is InChI=1S/C21H23N3O3/c1-3-14(2)27-16-8-6-7-15(11-16)13-22-21(26)19-12-18(23-24-19)17-9-4-5-10-20(17)25/h4-12,14,25H,3,13H2,1-2H3,(H,22,26)(H,23,24). The molecule has 0 aliphatic heterocycles. The molecule has 0 aliphatic carbocycles. The number of ether oxygens (including phenoxy) is 1. The van der Waals surface area contributed by atoms with Crippen LogP contribution in [0.1, 0.15) is 36.3 Å². The molecule has 1 heterocycles. The monoisotopic (exact) mass is 365 g/mol. The number of amides is 1. The summed E-state index contributed by atoms with van der Waals surface area (Å²) in [5.41, 5.74) is 2.37. The number of hydrogen-bond acceptors (Lipinski definition) is 4. The molecule has 0 saturated heterocycles. The van der Waals surface area contributed by atoms with E-state index >= 15 is 0 Å². The van der Waals surface area contributed by atoms with Crippen molar-refractivity contribution in [2.24, 2.45) is 0 Å². The molecule has 0 bridgehead atoms. The van der Waals surface area contributed by atoms with E-state index in [0.717, 1.165) is 17.7 Å². The number of rotatable bonds is 7. The van der Waals surface area contributed by atoms with Gasteiger partial charge in [0.25, 0.3) is 5.91 Å². The molecule has 0 radical (unpaired) electrons. The quantitative estimate of drug-likeness (QED) is 0.593. The highest BCUT2D eigenvalue weighted by molar-refractivity contribution is 5.93. The molecule has 1 atom stereocenters. The fourth-order valence-corrected chi connectivity index (χ4v) is 2.59. The summed E-state index contributed by atoms with van der Waals surface area (Å²) >= 11 is 0. The van der Waals surface area contributed by atoms with E-state index < -0.39 is 0 Å². The summed E-state index contributed by atoms with van der Waals surface area (Å²) in [7, 11) is 0. The number of benzene rings is 2. The van der Waals surface area contributed by atoms with E-state index in [2.05, 4.69) is 22.4 Å². The molecule has 140 valence electrons. The molecule has 1 aromatic heterocycles. The maximum absolute atomic E-state index is 12.4. The second-order valence-electron chi connectivity index (χ2n) is 6.35. The van der Waals surface area contributed by atoms with Gasteiger partial charge in [0.15, 0.2) is 0 Å². The van der Waals surface area contributed by atoms with Crippen LogP contribution in [0, 0.1) is 0 Å². The third-order valence-corrected chi connectivity index (χ3v) is 4.27. The third-order valence-electron chi connectivity index (χ3n) is 4.27. The highest BCUT2D eigenvalue weighted by Crippen LogP contribution is 2.27. The zero-order chi connectivity index (χ0) is 19.2. The van der Waals surface area contributed by atoms with Crippen molar-refractivity contribution in [2.45, 2.75) is 32.9 Å². The van der Waals surface area contributed by atoms with E-state index in [1.54, 1.807) is 30.3 Å². The highest BCUT2D eigenvalue weighted by atomic mass is 16.5. The third kappa shape index (κ3) is 4.67. The van der Waals surface area contributed by atoms with Crippen molar-refractivity contribution in [1.82, 2.24) is 15.5 Å². The summed E-state index contributed by atoms with van der Waals surface area (Å²) < 4.78 is 5.81. The number of phenols is 1. The molecule has 0 spiro atoms. The lowest BCUT2D eigenvalue weighted by atomic mass is 10.1. The fourth-order valence-electron chi connectivity index (χ4n) is 2.59. The lowest BCUT2D eigenvalue weighted by molar-refractivity contribution is 0.0945. The van der Waals surface area contributed by atoms with Crippen LogP contribution in [0.25, 0.3) is 11.3 Å². The lowest BCUT2D eigenvalue weighted by Gasteiger charge is -2.13. The molecule has 6 nitrogen and oxygen atoms in total. The summed E-state index contributed by atoms with van der Waals surface area (Å²) in [5.74, 6) is 0.644. The highest BCUT2D eigenvalue weighted by Gasteiger charge is 2.13.